The molecular weight excluding hydrogens is 562 g/mol. The van der Waals surface area contributed by atoms with Gasteiger partial charge in [0.25, 0.3) is 0 Å². The van der Waals surface area contributed by atoms with Gasteiger partial charge in [0.1, 0.15) is 17.0 Å². The number of hydrogen-bond acceptors (Lipinski definition) is 4. The number of fused-ring (bicyclic) bond motifs is 6. The molecule has 2 aromatic heterocycles. The first-order valence-corrected chi connectivity index (χ1v) is 15.4. The summed E-state index contributed by atoms with van der Waals surface area (Å²) in [5, 5.41) is 7.20. The highest BCUT2D eigenvalue weighted by Gasteiger charge is 2.16. The third-order valence-corrected chi connectivity index (χ3v) is 8.79. The smallest absolute Gasteiger partial charge is 0.163 e. The zero-order valence-electron chi connectivity index (χ0n) is 25.1. The van der Waals surface area contributed by atoms with E-state index in [4.69, 9.17) is 14.4 Å². The van der Waals surface area contributed by atoms with Crippen molar-refractivity contribution in [3.8, 4) is 45.0 Å². The number of rotatable bonds is 4. The maximum absolute atomic E-state index is 6.40. The van der Waals surface area contributed by atoms with Gasteiger partial charge in [0.05, 0.1) is 0 Å². The minimum absolute atomic E-state index is 0.656. The summed E-state index contributed by atoms with van der Waals surface area (Å²) in [6.07, 6.45) is 0. The van der Waals surface area contributed by atoms with E-state index >= 15 is 0 Å². The molecule has 0 aliphatic heterocycles. The number of aryl methyl sites for hydroxylation is 1. The van der Waals surface area contributed by atoms with Gasteiger partial charge < -0.3 is 4.42 Å². The maximum atomic E-state index is 6.40. The van der Waals surface area contributed by atoms with Crippen molar-refractivity contribution in [2.24, 2.45) is 0 Å². The number of benzene rings is 7. The van der Waals surface area contributed by atoms with Crippen molar-refractivity contribution in [1.29, 1.82) is 0 Å². The highest BCUT2D eigenvalue weighted by molar-refractivity contribution is 6.14. The Kier molecular flexibility index (Phi) is 6.00. The lowest BCUT2D eigenvalue weighted by Gasteiger charge is -2.09. The Morgan fingerprint density at radius 1 is 0.413 bits per heavy atom. The Labute approximate surface area is 265 Å². The van der Waals surface area contributed by atoms with Crippen LogP contribution < -0.4 is 0 Å². The van der Waals surface area contributed by atoms with Crippen LogP contribution >= 0.6 is 0 Å². The van der Waals surface area contributed by atoms with E-state index in [0.29, 0.717) is 17.5 Å². The third kappa shape index (κ3) is 4.42. The van der Waals surface area contributed by atoms with Gasteiger partial charge in [0, 0.05) is 21.9 Å². The lowest BCUT2D eigenvalue weighted by atomic mass is 9.95. The topological polar surface area (TPSA) is 51.8 Å². The van der Waals surface area contributed by atoms with Crippen LogP contribution in [0.2, 0.25) is 0 Å². The van der Waals surface area contributed by atoms with Crippen molar-refractivity contribution >= 4 is 43.5 Å². The van der Waals surface area contributed by atoms with Gasteiger partial charge in [-0.3, -0.25) is 0 Å². The molecular formula is C42H27N3O. The van der Waals surface area contributed by atoms with Crippen LogP contribution in [0.15, 0.2) is 150 Å². The molecule has 0 N–H and O–H groups in total. The Morgan fingerprint density at radius 3 is 1.93 bits per heavy atom. The van der Waals surface area contributed by atoms with Crippen LogP contribution in [0.4, 0.5) is 0 Å². The summed E-state index contributed by atoms with van der Waals surface area (Å²) in [5.41, 5.74) is 8.16. The molecule has 0 atom stereocenters. The second kappa shape index (κ2) is 10.5. The Balaban J connectivity index is 1.18. The Morgan fingerprint density at radius 2 is 1.07 bits per heavy atom. The van der Waals surface area contributed by atoms with Crippen molar-refractivity contribution in [3.05, 3.63) is 151 Å². The second-order valence-corrected chi connectivity index (χ2v) is 11.7. The molecule has 216 valence electrons. The van der Waals surface area contributed by atoms with E-state index in [1.54, 1.807) is 0 Å². The maximum Gasteiger partial charge on any atom is 0.163 e. The van der Waals surface area contributed by atoms with Gasteiger partial charge in [-0.15, -0.1) is 0 Å². The van der Waals surface area contributed by atoms with Crippen LogP contribution in [-0.4, -0.2) is 15.0 Å². The van der Waals surface area contributed by atoms with Crippen LogP contribution in [0.25, 0.3) is 88.5 Å². The van der Waals surface area contributed by atoms with Gasteiger partial charge >= 0.3 is 0 Å². The fourth-order valence-corrected chi connectivity index (χ4v) is 6.58. The molecule has 7 aromatic carbocycles. The molecule has 0 saturated heterocycles. The van der Waals surface area contributed by atoms with E-state index in [-0.39, 0.29) is 0 Å². The summed E-state index contributed by atoms with van der Waals surface area (Å²) in [5.74, 6) is 2.01. The Hall–Kier alpha value is -6.13. The minimum Gasteiger partial charge on any atom is -0.456 e. The van der Waals surface area contributed by atoms with Crippen molar-refractivity contribution < 1.29 is 4.42 Å². The van der Waals surface area contributed by atoms with Crippen LogP contribution in [0.5, 0.6) is 0 Å². The van der Waals surface area contributed by atoms with Crippen LogP contribution in [-0.2, 0) is 0 Å². The van der Waals surface area contributed by atoms with Crippen LogP contribution in [0.3, 0.4) is 0 Å². The normalized spacial score (nSPS) is 11.6. The highest BCUT2D eigenvalue weighted by Crippen LogP contribution is 2.40. The van der Waals surface area contributed by atoms with Crippen LogP contribution in [0, 0.1) is 6.92 Å². The van der Waals surface area contributed by atoms with Crippen molar-refractivity contribution in [2.45, 2.75) is 6.92 Å². The molecule has 0 saturated carbocycles. The minimum atomic E-state index is 0.656. The van der Waals surface area contributed by atoms with Crippen molar-refractivity contribution in [3.63, 3.8) is 0 Å². The molecule has 0 aliphatic rings. The molecule has 46 heavy (non-hydrogen) atoms. The fourth-order valence-electron chi connectivity index (χ4n) is 6.58. The first-order valence-electron chi connectivity index (χ1n) is 15.4. The molecule has 0 fully saturated rings. The predicted molar refractivity (Wildman–Crippen MR) is 189 cm³/mol. The molecule has 0 unspecified atom stereocenters. The monoisotopic (exact) mass is 589 g/mol. The van der Waals surface area contributed by atoms with Gasteiger partial charge in [-0.05, 0) is 81.1 Å². The van der Waals surface area contributed by atoms with E-state index in [0.717, 1.165) is 49.8 Å². The molecule has 0 bridgehead atoms. The first kappa shape index (κ1) is 26.3. The third-order valence-electron chi connectivity index (χ3n) is 8.79. The average Bonchev–Trinajstić information content (AvgIpc) is 3.50. The van der Waals surface area contributed by atoms with Gasteiger partial charge in [0.2, 0.25) is 0 Å². The van der Waals surface area contributed by atoms with E-state index in [1.807, 2.05) is 43.3 Å². The summed E-state index contributed by atoms with van der Waals surface area (Å²) in [4.78, 5) is 14.2. The SMILES string of the molecule is Cc1nc(-c2ccccc2)nc(-c2cccc(-c3cccc4oc5ccc(-c6ccc7ccc8ccccc8c7c6)cc5c34)c2)n1. The highest BCUT2D eigenvalue weighted by atomic mass is 16.3. The van der Waals surface area contributed by atoms with E-state index in [9.17, 15) is 0 Å². The quantitative estimate of drug-likeness (QED) is 0.192. The molecule has 9 rings (SSSR count). The summed E-state index contributed by atoms with van der Waals surface area (Å²) in [7, 11) is 0. The number of aromatic nitrogens is 3. The number of furan rings is 1. The van der Waals surface area contributed by atoms with E-state index in [2.05, 4.69) is 114 Å². The number of hydrogen-bond donors (Lipinski definition) is 0. The van der Waals surface area contributed by atoms with Gasteiger partial charge in [-0.25, -0.2) is 15.0 Å². The van der Waals surface area contributed by atoms with Crippen molar-refractivity contribution in [2.75, 3.05) is 0 Å². The molecule has 0 radical (unpaired) electrons. The number of nitrogens with zero attached hydrogens (tertiary/aromatic N) is 3. The van der Waals surface area contributed by atoms with E-state index in [1.165, 1.54) is 27.1 Å². The zero-order valence-corrected chi connectivity index (χ0v) is 25.1. The zero-order chi connectivity index (χ0) is 30.6. The second-order valence-electron chi connectivity index (χ2n) is 11.7. The molecule has 2 heterocycles. The van der Waals surface area contributed by atoms with E-state index < -0.39 is 0 Å². The molecule has 4 heteroatoms. The summed E-state index contributed by atoms with van der Waals surface area (Å²) < 4.78 is 6.40. The lowest BCUT2D eigenvalue weighted by molar-refractivity contribution is 0.669. The average molecular weight is 590 g/mol. The summed E-state index contributed by atoms with van der Waals surface area (Å²) in [6, 6.07) is 51.0. The molecule has 0 spiro atoms. The molecule has 4 nitrogen and oxygen atoms in total. The summed E-state index contributed by atoms with van der Waals surface area (Å²) in [6.45, 7) is 1.91. The standard InChI is InChI=1S/C42H27N3O/c1-26-43-41(29-10-3-2-4-11-29)45-42(44-26)33-13-7-12-32(23-33)35-15-8-16-39-40(35)37-25-31(21-22-38(37)46-39)30-20-19-28-18-17-27-9-5-6-14-34(27)36(28)24-30/h2-25H,1H3. The predicted octanol–water partition coefficient (Wildman–Crippen LogP) is 11.1. The molecule has 0 amide bonds. The van der Waals surface area contributed by atoms with Gasteiger partial charge in [-0.2, -0.15) is 0 Å². The largest absolute Gasteiger partial charge is 0.456 e. The van der Waals surface area contributed by atoms with Gasteiger partial charge in [0.15, 0.2) is 11.6 Å². The molecule has 9 aromatic rings. The molecule has 0 aliphatic carbocycles. The van der Waals surface area contributed by atoms with Crippen molar-refractivity contribution in [1.82, 2.24) is 15.0 Å². The lowest BCUT2D eigenvalue weighted by Crippen LogP contribution is -1.99. The van der Waals surface area contributed by atoms with Crippen LogP contribution in [0.1, 0.15) is 5.82 Å². The van der Waals surface area contributed by atoms with Gasteiger partial charge in [-0.1, -0.05) is 115 Å². The first-order chi connectivity index (χ1) is 22.7. The summed E-state index contributed by atoms with van der Waals surface area (Å²) >= 11 is 0. The fraction of sp³-hybridized carbons (Fsp3) is 0.0238. The Bertz CT molecular complexity index is 2600.